The molecule has 0 radical (unpaired) electrons. The zero-order valence-electron chi connectivity index (χ0n) is 29.0. The summed E-state index contributed by atoms with van der Waals surface area (Å²) in [6.07, 6.45) is 0. The van der Waals surface area contributed by atoms with Crippen molar-refractivity contribution >= 4 is 54.5 Å². The van der Waals surface area contributed by atoms with Gasteiger partial charge >= 0.3 is 0 Å². The Morgan fingerprint density at radius 3 is 1.74 bits per heavy atom. The molecule has 11 rings (SSSR count). The summed E-state index contributed by atoms with van der Waals surface area (Å²) in [5.74, 6) is 1.85. The average Bonchev–Trinajstić information content (AvgIpc) is 3.79. The number of hydrogen-bond acceptors (Lipinski definition) is 4. The van der Waals surface area contributed by atoms with Crippen molar-refractivity contribution in [2.45, 2.75) is 0 Å². The minimum atomic E-state index is 0.601. The summed E-state index contributed by atoms with van der Waals surface area (Å²) < 4.78 is 8.88. The van der Waals surface area contributed by atoms with E-state index < -0.39 is 0 Å². The van der Waals surface area contributed by atoms with Crippen LogP contribution >= 0.6 is 0 Å². The molecule has 0 aliphatic rings. The summed E-state index contributed by atoms with van der Waals surface area (Å²) in [5, 5.41) is 6.87. The number of furan rings is 1. The van der Waals surface area contributed by atoms with Gasteiger partial charge in [0, 0.05) is 43.6 Å². The second kappa shape index (κ2) is 12.1. The molecule has 0 saturated carbocycles. The van der Waals surface area contributed by atoms with E-state index in [9.17, 15) is 0 Å². The third-order valence-electron chi connectivity index (χ3n) is 10.4. The van der Waals surface area contributed by atoms with Crippen LogP contribution in [0.15, 0.2) is 186 Å². The number of para-hydroxylation sites is 1. The van der Waals surface area contributed by atoms with E-state index in [-0.39, 0.29) is 0 Å². The van der Waals surface area contributed by atoms with Gasteiger partial charge < -0.3 is 8.98 Å². The first-order valence-electron chi connectivity index (χ1n) is 18.1. The van der Waals surface area contributed by atoms with Crippen molar-refractivity contribution in [3.05, 3.63) is 182 Å². The molecule has 252 valence electrons. The molecule has 5 nitrogen and oxygen atoms in total. The number of nitrogens with zero attached hydrogens (tertiary/aromatic N) is 4. The Labute approximate surface area is 310 Å². The summed E-state index contributed by atoms with van der Waals surface area (Å²) in [5.41, 5.74) is 10.1. The maximum Gasteiger partial charge on any atom is 0.164 e. The fourth-order valence-corrected chi connectivity index (χ4v) is 7.94. The summed E-state index contributed by atoms with van der Waals surface area (Å²) in [4.78, 5) is 15.0. The minimum Gasteiger partial charge on any atom is -0.456 e. The van der Waals surface area contributed by atoms with E-state index in [1.165, 1.54) is 38.3 Å². The van der Waals surface area contributed by atoms with Gasteiger partial charge in [0.15, 0.2) is 17.5 Å². The molecule has 54 heavy (non-hydrogen) atoms. The fourth-order valence-electron chi connectivity index (χ4n) is 7.94. The topological polar surface area (TPSA) is 56.7 Å². The lowest BCUT2D eigenvalue weighted by Gasteiger charge is -2.12. The van der Waals surface area contributed by atoms with E-state index in [2.05, 4.69) is 114 Å². The van der Waals surface area contributed by atoms with E-state index in [0.29, 0.717) is 17.5 Å². The Balaban J connectivity index is 1.10. The standard InChI is InChI=1S/C49H30N4O/c1-3-14-32(15-4-1)47-50-48(33-16-5-2-6-17-33)52-49(51-47)38-21-12-24-45-46(38)40-30-35(26-28-44(40)54-45)34-25-27-43-39(29-34)37-20-9-10-22-42(37)53(43)41-23-11-18-31-13-7-8-19-36(31)41/h1-30H. The number of rotatable bonds is 5. The molecule has 0 atom stereocenters. The molecule has 0 N–H and O–H groups in total. The quantitative estimate of drug-likeness (QED) is 0.180. The lowest BCUT2D eigenvalue weighted by Crippen LogP contribution is -2.00. The summed E-state index contributed by atoms with van der Waals surface area (Å²) in [6, 6.07) is 63.4. The highest BCUT2D eigenvalue weighted by atomic mass is 16.3. The first-order chi connectivity index (χ1) is 26.8. The van der Waals surface area contributed by atoms with Crippen LogP contribution < -0.4 is 0 Å². The normalized spacial score (nSPS) is 11.7. The summed E-state index contributed by atoms with van der Waals surface area (Å²) >= 11 is 0. The van der Waals surface area contributed by atoms with E-state index in [1.54, 1.807) is 0 Å². The molecule has 3 aromatic heterocycles. The molecular formula is C49H30N4O. The van der Waals surface area contributed by atoms with Crippen molar-refractivity contribution in [3.63, 3.8) is 0 Å². The number of aromatic nitrogens is 4. The highest BCUT2D eigenvalue weighted by Gasteiger charge is 2.19. The van der Waals surface area contributed by atoms with Crippen LogP contribution in [0.4, 0.5) is 0 Å². The third-order valence-corrected chi connectivity index (χ3v) is 10.4. The monoisotopic (exact) mass is 690 g/mol. The van der Waals surface area contributed by atoms with E-state index in [0.717, 1.165) is 49.8 Å². The first-order valence-corrected chi connectivity index (χ1v) is 18.1. The fraction of sp³-hybridized carbons (Fsp3) is 0. The number of fused-ring (bicyclic) bond motifs is 7. The van der Waals surface area contributed by atoms with Gasteiger partial charge in [-0.1, -0.05) is 140 Å². The van der Waals surface area contributed by atoms with Crippen molar-refractivity contribution in [2.75, 3.05) is 0 Å². The molecule has 0 unspecified atom stereocenters. The number of benzene rings is 8. The van der Waals surface area contributed by atoms with Crippen molar-refractivity contribution in [1.82, 2.24) is 19.5 Å². The highest BCUT2D eigenvalue weighted by molar-refractivity contribution is 6.14. The Morgan fingerprint density at radius 1 is 0.370 bits per heavy atom. The Kier molecular flexibility index (Phi) is 6.79. The van der Waals surface area contributed by atoms with Crippen LogP contribution in [0.5, 0.6) is 0 Å². The molecule has 0 fully saturated rings. The van der Waals surface area contributed by atoms with Crippen molar-refractivity contribution in [1.29, 1.82) is 0 Å². The summed E-state index contributed by atoms with van der Waals surface area (Å²) in [7, 11) is 0. The second-order valence-electron chi connectivity index (χ2n) is 13.6. The zero-order valence-corrected chi connectivity index (χ0v) is 29.0. The predicted molar refractivity (Wildman–Crippen MR) is 221 cm³/mol. The molecular weight excluding hydrogens is 661 g/mol. The lowest BCUT2D eigenvalue weighted by molar-refractivity contribution is 0.669. The van der Waals surface area contributed by atoms with Gasteiger partial charge in [-0.25, -0.2) is 15.0 Å². The first kappa shape index (κ1) is 30.3. The van der Waals surface area contributed by atoms with Gasteiger partial charge in [-0.05, 0) is 59.0 Å². The van der Waals surface area contributed by atoms with Crippen LogP contribution in [0.1, 0.15) is 0 Å². The lowest BCUT2D eigenvalue weighted by atomic mass is 9.99. The molecule has 8 aromatic carbocycles. The van der Waals surface area contributed by atoms with Crippen LogP contribution in [-0.4, -0.2) is 19.5 Å². The maximum absolute atomic E-state index is 6.48. The molecule has 5 heteroatoms. The van der Waals surface area contributed by atoms with E-state index >= 15 is 0 Å². The van der Waals surface area contributed by atoms with Crippen LogP contribution in [0, 0.1) is 0 Å². The molecule has 0 bridgehead atoms. The predicted octanol–water partition coefficient (Wildman–Crippen LogP) is 12.7. The molecule has 0 aliphatic carbocycles. The van der Waals surface area contributed by atoms with Gasteiger partial charge in [-0.3, -0.25) is 0 Å². The largest absolute Gasteiger partial charge is 0.456 e. The van der Waals surface area contributed by atoms with Crippen molar-refractivity contribution < 1.29 is 4.42 Å². The van der Waals surface area contributed by atoms with Crippen molar-refractivity contribution in [2.24, 2.45) is 0 Å². The molecule has 0 spiro atoms. The molecule has 3 heterocycles. The zero-order chi connectivity index (χ0) is 35.6. The Bertz CT molecular complexity index is 3150. The highest BCUT2D eigenvalue weighted by Crippen LogP contribution is 2.40. The van der Waals surface area contributed by atoms with Gasteiger partial charge in [0.25, 0.3) is 0 Å². The number of hydrogen-bond donors (Lipinski definition) is 0. The van der Waals surface area contributed by atoms with Crippen LogP contribution in [0.2, 0.25) is 0 Å². The summed E-state index contributed by atoms with van der Waals surface area (Å²) in [6.45, 7) is 0. The van der Waals surface area contributed by atoms with E-state index in [4.69, 9.17) is 19.4 Å². The van der Waals surface area contributed by atoms with Gasteiger partial charge in [-0.15, -0.1) is 0 Å². The van der Waals surface area contributed by atoms with Gasteiger partial charge in [0.05, 0.1) is 16.7 Å². The minimum absolute atomic E-state index is 0.601. The van der Waals surface area contributed by atoms with Crippen LogP contribution in [0.3, 0.4) is 0 Å². The van der Waals surface area contributed by atoms with Gasteiger partial charge in [0.1, 0.15) is 11.2 Å². The van der Waals surface area contributed by atoms with Gasteiger partial charge in [0.2, 0.25) is 0 Å². The van der Waals surface area contributed by atoms with Crippen LogP contribution in [0.25, 0.3) is 105 Å². The average molecular weight is 691 g/mol. The Morgan fingerprint density at radius 2 is 0.963 bits per heavy atom. The van der Waals surface area contributed by atoms with Crippen molar-refractivity contribution in [3.8, 4) is 51.0 Å². The molecule has 0 aliphatic heterocycles. The molecule has 11 aromatic rings. The second-order valence-corrected chi connectivity index (χ2v) is 13.6. The Hall–Kier alpha value is -7.37. The maximum atomic E-state index is 6.48. The van der Waals surface area contributed by atoms with Gasteiger partial charge in [-0.2, -0.15) is 0 Å². The third kappa shape index (κ3) is 4.83. The van der Waals surface area contributed by atoms with E-state index in [1.807, 2.05) is 72.8 Å². The smallest absolute Gasteiger partial charge is 0.164 e. The van der Waals surface area contributed by atoms with Crippen LogP contribution in [-0.2, 0) is 0 Å². The SMILES string of the molecule is c1ccc(-c2nc(-c3ccccc3)nc(-c3cccc4oc5ccc(-c6ccc7c(c6)c6ccccc6n7-c6cccc7ccccc67)cc5c34)n2)cc1. The molecule has 0 saturated heterocycles. The molecule has 0 amide bonds.